The van der Waals surface area contributed by atoms with E-state index in [0.717, 1.165) is 16.7 Å². The molecule has 0 aliphatic carbocycles. The zero-order valence-electron chi connectivity index (χ0n) is 21.6. The van der Waals surface area contributed by atoms with E-state index in [1.54, 1.807) is 47.3 Å². The van der Waals surface area contributed by atoms with Crippen LogP contribution in [0.25, 0.3) is 10.9 Å². The number of esters is 1. The number of fused-ring (bicyclic) bond motifs is 1. The summed E-state index contributed by atoms with van der Waals surface area (Å²) in [5.74, 6) is -1.09. The molecule has 9 heteroatoms. The second kappa shape index (κ2) is 11.4. The maximum absolute atomic E-state index is 14.1. The molecule has 200 valence electrons. The van der Waals surface area contributed by atoms with E-state index in [4.69, 9.17) is 33.2 Å². The van der Waals surface area contributed by atoms with Crippen LogP contribution in [0.4, 0.5) is 0 Å². The highest BCUT2D eigenvalue weighted by molar-refractivity contribution is 7.80. The lowest BCUT2D eigenvalue weighted by atomic mass is 10.0. The number of nitrogens with two attached hydrogens (primary N) is 2. The van der Waals surface area contributed by atoms with Crippen LogP contribution in [0.15, 0.2) is 97.3 Å². The molecule has 0 saturated heterocycles. The topological polar surface area (TPSA) is 122 Å². The van der Waals surface area contributed by atoms with Crippen LogP contribution in [0.3, 0.4) is 0 Å². The molecule has 40 heavy (non-hydrogen) atoms. The number of hydrogen-bond acceptors (Lipinski definition) is 6. The van der Waals surface area contributed by atoms with Gasteiger partial charge in [-0.2, -0.15) is 0 Å². The van der Waals surface area contributed by atoms with Crippen molar-refractivity contribution >= 4 is 40.0 Å². The van der Waals surface area contributed by atoms with Crippen LogP contribution in [0.1, 0.15) is 49.2 Å². The molecule has 1 unspecified atom stereocenters. The number of pyridine rings is 1. The van der Waals surface area contributed by atoms with Crippen LogP contribution in [-0.4, -0.2) is 33.5 Å². The molecular formula is C31H26N4O4S. The summed E-state index contributed by atoms with van der Waals surface area (Å²) in [4.78, 5) is 31.4. The van der Waals surface area contributed by atoms with E-state index in [2.05, 4.69) is 4.98 Å². The molecule has 0 spiro atoms. The van der Waals surface area contributed by atoms with Crippen LogP contribution >= 0.6 is 12.2 Å². The molecule has 0 aliphatic heterocycles. The van der Waals surface area contributed by atoms with Crippen molar-refractivity contribution < 1.29 is 19.1 Å². The quantitative estimate of drug-likeness (QED) is 0.200. The second-order valence-electron chi connectivity index (χ2n) is 9.07. The number of carbonyl (C=O) groups excluding carboxylic acids is 2. The summed E-state index contributed by atoms with van der Waals surface area (Å²) in [7, 11) is 1.50. The number of aromatic nitrogens is 2. The molecule has 0 bridgehead atoms. The largest absolute Gasteiger partial charge is 0.496 e. The van der Waals surface area contributed by atoms with Gasteiger partial charge < -0.3 is 25.5 Å². The fourth-order valence-corrected chi connectivity index (χ4v) is 4.95. The predicted molar refractivity (Wildman–Crippen MR) is 156 cm³/mol. The summed E-state index contributed by atoms with van der Waals surface area (Å²) in [6, 6.07) is 25.6. The third-order valence-electron chi connectivity index (χ3n) is 6.60. The smallest absolute Gasteiger partial charge is 0.356 e. The van der Waals surface area contributed by atoms with E-state index in [1.807, 2.05) is 54.6 Å². The minimum absolute atomic E-state index is 0.0164. The van der Waals surface area contributed by atoms with Crippen molar-refractivity contribution in [3.8, 4) is 5.75 Å². The van der Waals surface area contributed by atoms with Crippen LogP contribution in [-0.2, 0) is 11.3 Å². The van der Waals surface area contributed by atoms with Crippen molar-refractivity contribution in [1.29, 1.82) is 0 Å². The molecule has 0 saturated carbocycles. The van der Waals surface area contributed by atoms with Gasteiger partial charge in [-0.05, 0) is 41.5 Å². The number of amides is 1. The number of primary amides is 1. The molecule has 3 aromatic carbocycles. The van der Waals surface area contributed by atoms with Crippen LogP contribution in [0, 0.1) is 0 Å². The van der Waals surface area contributed by atoms with Gasteiger partial charge in [0.2, 0.25) is 0 Å². The third kappa shape index (κ3) is 5.14. The Kier molecular flexibility index (Phi) is 7.56. The molecule has 5 rings (SSSR count). The van der Waals surface area contributed by atoms with Crippen molar-refractivity contribution in [2.75, 3.05) is 7.11 Å². The van der Waals surface area contributed by atoms with Crippen LogP contribution in [0.5, 0.6) is 5.75 Å². The molecule has 2 aromatic heterocycles. The number of benzene rings is 3. The lowest BCUT2D eigenvalue weighted by Crippen LogP contribution is -2.22. The monoisotopic (exact) mass is 550 g/mol. The van der Waals surface area contributed by atoms with Crippen molar-refractivity contribution in [3.05, 3.63) is 131 Å². The maximum Gasteiger partial charge on any atom is 0.356 e. The van der Waals surface area contributed by atoms with E-state index in [9.17, 15) is 9.59 Å². The van der Waals surface area contributed by atoms with Gasteiger partial charge in [-0.3, -0.25) is 9.78 Å². The normalized spacial score (nSPS) is 11.6. The van der Waals surface area contributed by atoms with Gasteiger partial charge in [-0.1, -0.05) is 66.8 Å². The molecule has 1 atom stereocenters. The Balaban J connectivity index is 1.70. The maximum atomic E-state index is 14.1. The summed E-state index contributed by atoms with van der Waals surface area (Å²) < 4.78 is 13.5. The van der Waals surface area contributed by atoms with Gasteiger partial charge in [0.1, 0.15) is 16.4 Å². The number of thiocarbonyl (C=S) groups is 1. The first-order chi connectivity index (χ1) is 19.4. The van der Waals surface area contributed by atoms with Gasteiger partial charge in [-0.15, -0.1) is 0 Å². The summed E-state index contributed by atoms with van der Waals surface area (Å²) in [6.45, 7) is 0.211. The first-order valence-electron chi connectivity index (χ1n) is 12.4. The average Bonchev–Trinajstić information content (AvgIpc) is 3.31. The zero-order valence-corrected chi connectivity index (χ0v) is 22.4. The Hall–Kier alpha value is -5.02. The molecule has 0 radical (unpaired) electrons. The van der Waals surface area contributed by atoms with Crippen LogP contribution < -0.4 is 16.2 Å². The predicted octanol–water partition coefficient (Wildman–Crippen LogP) is 4.77. The Bertz CT molecular complexity index is 1680. The highest BCUT2D eigenvalue weighted by Crippen LogP contribution is 2.36. The summed E-state index contributed by atoms with van der Waals surface area (Å²) >= 11 is 5.16. The molecular weight excluding hydrogens is 524 g/mol. The Labute approximate surface area is 236 Å². The van der Waals surface area contributed by atoms with Crippen molar-refractivity contribution in [2.45, 2.75) is 12.6 Å². The number of rotatable bonds is 9. The number of ether oxygens (including phenoxy) is 2. The molecule has 5 aromatic rings. The fourth-order valence-electron chi connectivity index (χ4n) is 4.82. The molecule has 0 aliphatic rings. The standard InChI is InChI=1S/C31H26N4O4S/c1-38-24-12-6-11-23-25(24)26(29(32)36)27(35(23)18-19-7-5-10-22(17-19)30(33)40)31(37)39-28(20-8-3-2-4-9-20)21-13-15-34-16-14-21/h2-17,28H,18H2,1H3,(H2,32,36)(H2,33,40). The SMILES string of the molecule is COc1cccc2c1c(C(N)=O)c(C(=O)OC(c1ccccc1)c1ccncc1)n2Cc1cccc(C(N)=S)c1. The fraction of sp³-hybridized carbons (Fsp3) is 0.0968. The van der Waals surface area contributed by atoms with E-state index >= 15 is 0 Å². The van der Waals surface area contributed by atoms with E-state index in [0.29, 0.717) is 22.2 Å². The Morgan fingerprint density at radius 3 is 2.30 bits per heavy atom. The van der Waals surface area contributed by atoms with E-state index in [1.165, 1.54) is 7.11 Å². The summed E-state index contributed by atoms with van der Waals surface area (Å²) in [6.07, 6.45) is 2.50. The summed E-state index contributed by atoms with van der Waals surface area (Å²) in [5, 5.41) is 0.426. The van der Waals surface area contributed by atoms with Crippen LogP contribution in [0.2, 0.25) is 0 Å². The van der Waals surface area contributed by atoms with E-state index in [-0.39, 0.29) is 22.8 Å². The minimum Gasteiger partial charge on any atom is -0.496 e. The summed E-state index contributed by atoms with van der Waals surface area (Å²) in [5.41, 5.74) is 15.4. The number of carbonyl (C=O) groups is 2. The first-order valence-corrected chi connectivity index (χ1v) is 12.8. The van der Waals surface area contributed by atoms with Gasteiger partial charge in [0.15, 0.2) is 6.10 Å². The first kappa shape index (κ1) is 26.6. The molecule has 4 N–H and O–H groups in total. The number of nitrogens with zero attached hydrogens (tertiary/aromatic N) is 2. The highest BCUT2D eigenvalue weighted by Gasteiger charge is 2.31. The lowest BCUT2D eigenvalue weighted by Gasteiger charge is -2.20. The Morgan fingerprint density at radius 2 is 1.62 bits per heavy atom. The van der Waals surface area contributed by atoms with Crippen molar-refractivity contribution in [2.24, 2.45) is 11.5 Å². The minimum atomic E-state index is -0.780. The highest BCUT2D eigenvalue weighted by atomic mass is 32.1. The molecule has 8 nitrogen and oxygen atoms in total. The van der Waals surface area contributed by atoms with Crippen molar-refractivity contribution in [3.63, 3.8) is 0 Å². The number of hydrogen-bond donors (Lipinski definition) is 2. The van der Waals surface area contributed by atoms with Gasteiger partial charge in [-0.25, -0.2) is 4.79 Å². The third-order valence-corrected chi connectivity index (χ3v) is 6.84. The van der Waals surface area contributed by atoms with Crippen molar-refractivity contribution in [1.82, 2.24) is 9.55 Å². The van der Waals surface area contributed by atoms with Gasteiger partial charge >= 0.3 is 5.97 Å². The second-order valence-corrected chi connectivity index (χ2v) is 9.51. The molecule has 2 heterocycles. The average molecular weight is 551 g/mol. The lowest BCUT2D eigenvalue weighted by molar-refractivity contribution is 0.0363. The van der Waals surface area contributed by atoms with E-state index < -0.39 is 18.0 Å². The van der Waals surface area contributed by atoms with Gasteiger partial charge in [0, 0.05) is 30.1 Å². The van der Waals surface area contributed by atoms with Gasteiger partial charge in [0.25, 0.3) is 5.91 Å². The molecule has 1 amide bonds. The molecule has 0 fully saturated rings. The zero-order chi connectivity index (χ0) is 28.2. The number of methoxy groups -OCH3 is 1. The van der Waals surface area contributed by atoms with Gasteiger partial charge in [0.05, 0.1) is 23.6 Å². The Morgan fingerprint density at radius 1 is 0.925 bits per heavy atom.